The zero-order valence-electron chi connectivity index (χ0n) is 6.33. The van der Waals surface area contributed by atoms with E-state index >= 15 is 0 Å². The molecule has 0 unspecified atom stereocenters. The average molecular weight is 165 g/mol. The summed E-state index contributed by atoms with van der Waals surface area (Å²) in [6.45, 7) is 8.09. The Hall–Kier alpha value is 0.380. The van der Waals surface area contributed by atoms with Crippen LogP contribution in [0.5, 0.6) is 0 Å². The largest absolute Gasteiger partial charge is 0.147 e. The molecule has 0 aliphatic carbocycles. The van der Waals surface area contributed by atoms with Gasteiger partial charge < -0.3 is 0 Å². The zero-order valence-corrected chi connectivity index (χ0v) is 7.98. The van der Waals surface area contributed by atoms with Crippen LogP contribution in [0.2, 0.25) is 0 Å². The lowest BCUT2D eigenvalue weighted by Crippen LogP contribution is -2.05. The molecule has 0 aliphatic rings. The van der Waals surface area contributed by atoms with Gasteiger partial charge in [-0.3, -0.25) is 0 Å². The molecule has 0 N–H and O–H groups in total. The van der Waals surface area contributed by atoms with Gasteiger partial charge in [0, 0.05) is 5.03 Å². The predicted octanol–water partition coefficient (Wildman–Crippen LogP) is 3.43. The van der Waals surface area contributed by atoms with E-state index in [1.165, 1.54) is 0 Å². The molecule has 0 aromatic carbocycles. The molecule has 0 heterocycles. The van der Waals surface area contributed by atoms with Crippen LogP contribution in [0.4, 0.5) is 0 Å². The van der Waals surface area contributed by atoms with Gasteiger partial charge in [0.1, 0.15) is 0 Å². The van der Waals surface area contributed by atoms with E-state index in [-0.39, 0.29) is 5.41 Å². The Morgan fingerprint density at radius 3 is 1.67 bits per heavy atom. The number of hydrogen-bond acceptors (Lipinski definition) is 1. The highest BCUT2D eigenvalue weighted by molar-refractivity contribution is 7.84. The quantitative estimate of drug-likeness (QED) is 0.521. The number of hydrogen-bond donors (Lipinski definition) is 1. The topological polar surface area (TPSA) is 0 Å². The molecule has 0 saturated heterocycles. The molecule has 0 aliphatic heterocycles. The van der Waals surface area contributed by atoms with Crippen molar-refractivity contribution >= 4 is 24.2 Å². The second-order valence-corrected chi connectivity index (χ2v) is 4.20. The monoisotopic (exact) mass is 164 g/mol. The van der Waals surface area contributed by atoms with Crippen molar-refractivity contribution in [3.8, 4) is 0 Å². The molecule has 0 aromatic heterocycles. The minimum absolute atomic E-state index is 0.0490. The molecule has 0 saturated carbocycles. The zero-order chi connectivity index (χ0) is 7.65. The number of allylic oxidation sites excluding steroid dienone is 2. The van der Waals surface area contributed by atoms with Crippen molar-refractivity contribution in [1.29, 1.82) is 0 Å². The van der Waals surface area contributed by atoms with Gasteiger partial charge in [-0.05, 0) is 17.2 Å². The SMILES string of the molecule is C/C(S)=C(/Cl)C(C)(C)C. The molecule has 0 radical (unpaired) electrons. The maximum Gasteiger partial charge on any atom is 0.0323 e. The summed E-state index contributed by atoms with van der Waals surface area (Å²) in [6.07, 6.45) is 0. The van der Waals surface area contributed by atoms with Crippen molar-refractivity contribution in [3.63, 3.8) is 0 Å². The highest BCUT2D eigenvalue weighted by Gasteiger charge is 2.15. The van der Waals surface area contributed by atoms with E-state index in [2.05, 4.69) is 33.4 Å². The number of rotatable bonds is 0. The molecule has 9 heavy (non-hydrogen) atoms. The third-order valence-corrected chi connectivity index (χ3v) is 2.18. The second-order valence-electron chi connectivity index (χ2n) is 3.15. The smallest absolute Gasteiger partial charge is 0.0323 e. The summed E-state index contributed by atoms with van der Waals surface area (Å²) in [4.78, 5) is 0.907. The molecule has 0 rings (SSSR count). The van der Waals surface area contributed by atoms with Crippen LogP contribution in [-0.2, 0) is 0 Å². The van der Waals surface area contributed by atoms with Crippen LogP contribution in [0, 0.1) is 5.41 Å². The van der Waals surface area contributed by atoms with Crippen molar-refractivity contribution in [2.24, 2.45) is 5.41 Å². The normalized spacial score (nSPS) is 15.3. The van der Waals surface area contributed by atoms with Crippen molar-refractivity contribution in [2.75, 3.05) is 0 Å². The van der Waals surface area contributed by atoms with Gasteiger partial charge in [-0.15, -0.1) is 12.6 Å². The second kappa shape index (κ2) is 2.98. The van der Waals surface area contributed by atoms with Gasteiger partial charge in [0.05, 0.1) is 0 Å². The fraction of sp³-hybridized carbons (Fsp3) is 0.714. The van der Waals surface area contributed by atoms with Crippen LogP contribution in [0.3, 0.4) is 0 Å². The maximum absolute atomic E-state index is 5.90. The van der Waals surface area contributed by atoms with Gasteiger partial charge in [-0.25, -0.2) is 0 Å². The summed E-state index contributed by atoms with van der Waals surface area (Å²) in [6, 6.07) is 0. The van der Waals surface area contributed by atoms with Crippen molar-refractivity contribution in [1.82, 2.24) is 0 Å². The Labute approximate surface area is 67.7 Å². The standard InChI is InChI=1S/C7H13ClS/c1-5(9)6(8)7(2,3)4/h9H,1-4H3/b6-5-. The number of thiol groups is 1. The van der Waals surface area contributed by atoms with Crippen molar-refractivity contribution in [3.05, 3.63) is 9.94 Å². The third-order valence-electron chi connectivity index (χ3n) is 0.976. The highest BCUT2D eigenvalue weighted by Crippen LogP contribution is 2.31. The first-order valence-electron chi connectivity index (χ1n) is 2.91. The molecular weight excluding hydrogens is 152 g/mol. The summed E-state index contributed by atoms with van der Waals surface area (Å²) in [5.41, 5.74) is 0.0490. The molecule has 0 nitrogen and oxygen atoms in total. The van der Waals surface area contributed by atoms with E-state index < -0.39 is 0 Å². The third kappa shape index (κ3) is 3.17. The first kappa shape index (κ1) is 9.38. The molecule has 0 aromatic rings. The van der Waals surface area contributed by atoms with Crippen LogP contribution < -0.4 is 0 Å². The summed E-state index contributed by atoms with van der Waals surface area (Å²) >= 11 is 10.0. The Morgan fingerprint density at radius 1 is 1.33 bits per heavy atom. The Balaban J connectivity index is 4.40. The van der Waals surface area contributed by atoms with Crippen LogP contribution in [0.25, 0.3) is 0 Å². The Morgan fingerprint density at radius 2 is 1.67 bits per heavy atom. The average Bonchev–Trinajstić information content (AvgIpc) is 1.62. The molecule has 0 atom stereocenters. The highest BCUT2D eigenvalue weighted by atomic mass is 35.5. The minimum atomic E-state index is 0.0490. The van der Waals surface area contributed by atoms with Crippen LogP contribution in [0.15, 0.2) is 9.94 Å². The van der Waals surface area contributed by atoms with Gasteiger partial charge in [-0.1, -0.05) is 32.4 Å². The first-order valence-corrected chi connectivity index (χ1v) is 3.74. The fourth-order valence-electron chi connectivity index (χ4n) is 0.543. The van der Waals surface area contributed by atoms with Gasteiger partial charge >= 0.3 is 0 Å². The van der Waals surface area contributed by atoms with Crippen LogP contribution in [0.1, 0.15) is 27.7 Å². The molecular formula is C7H13ClS. The van der Waals surface area contributed by atoms with Gasteiger partial charge in [0.2, 0.25) is 0 Å². The molecule has 0 amide bonds. The van der Waals surface area contributed by atoms with Crippen molar-refractivity contribution < 1.29 is 0 Å². The van der Waals surface area contributed by atoms with E-state index in [0.29, 0.717) is 0 Å². The summed E-state index contributed by atoms with van der Waals surface area (Å²) in [5, 5.41) is 0.839. The van der Waals surface area contributed by atoms with E-state index in [9.17, 15) is 0 Å². The van der Waals surface area contributed by atoms with E-state index in [1.807, 2.05) is 6.92 Å². The van der Waals surface area contributed by atoms with E-state index in [4.69, 9.17) is 11.6 Å². The molecule has 0 bridgehead atoms. The van der Waals surface area contributed by atoms with Gasteiger partial charge in [-0.2, -0.15) is 0 Å². The molecule has 2 heteroatoms. The lowest BCUT2D eigenvalue weighted by Gasteiger charge is -2.17. The lowest BCUT2D eigenvalue weighted by molar-refractivity contribution is 0.529. The molecule has 0 spiro atoms. The summed E-state index contributed by atoms with van der Waals surface area (Å²) in [7, 11) is 0. The summed E-state index contributed by atoms with van der Waals surface area (Å²) in [5.74, 6) is 0. The Kier molecular flexibility index (Phi) is 3.10. The maximum atomic E-state index is 5.90. The van der Waals surface area contributed by atoms with Crippen molar-refractivity contribution in [2.45, 2.75) is 27.7 Å². The number of halogens is 1. The van der Waals surface area contributed by atoms with Crippen LogP contribution in [-0.4, -0.2) is 0 Å². The predicted molar refractivity (Wildman–Crippen MR) is 47.0 cm³/mol. The molecule has 54 valence electrons. The lowest BCUT2D eigenvalue weighted by atomic mass is 9.96. The summed E-state index contributed by atoms with van der Waals surface area (Å²) < 4.78 is 0. The first-order chi connectivity index (χ1) is 3.85. The van der Waals surface area contributed by atoms with E-state index in [0.717, 1.165) is 9.94 Å². The van der Waals surface area contributed by atoms with Gasteiger partial charge in [0.15, 0.2) is 0 Å². The molecule has 0 fully saturated rings. The minimum Gasteiger partial charge on any atom is -0.147 e. The van der Waals surface area contributed by atoms with Gasteiger partial charge in [0.25, 0.3) is 0 Å². The van der Waals surface area contributed by atoms with E-state index in [1.54, 1.807) is 0 Å². The Bertz CT molecular complexity index is 126. The van der Waals surface area contributed by atoms with Crippen LogP contribution >= 0.6 is 24.2 Å². The fourth-order valence-corrected chi connectivity index (χ4v) is 0.878.